The molecule has 9 heteroatoms. The number of ether oxygens (including phenoxy) is 1. The number of nitrogens with one attached hydrogen (secondary N) is 1. The molecule has 1 saturated heterocycles. The molecule has 1 aliphatic heterocycles. The molecule has 146 valence electrons. The van der Waals surface area contributed by atoms with E-state index >= 15 is 0 Å². The van der Waals surface area contributed by atoms with Crippen molar-refractivity contribution in [1.82, 2.24) is 14.5 Å². The van der Waals surface area contributed by atoms with E-state index in [0.29, 0.717) is 29.2 Å². The van der Waals surface area contributed by atoms with E-state index in [1.807, 2.05) is 0 Å². The molecule has 7 nitrogen and oxygen atoms in total. The van der Waals surface area contributed by atoms with E-state index in [2.05, 4.69) is 39.4 Å². The highest BCUT2D eigenvalue weighted by molar-refractivity contribution is 9.10. The van der Waals surface area contributed by atoms with Gasteiger partial charge in [-0.25, -0.2) is 13.1 Å². The summed E-state index contributed by atoms with van der Waals surface area (Å²) in [5.74, 6) is -0.158. The minimum Gasteiger partial charge on any atom is -0.383 e. The molecule has 0 bridgehead atoms. The molecule has 0 atom stereocenters. The summed E-state index contributed by atoms with van der Waals surface area (Å²) in [6, 6.07) is 4.96. The van der Waals surface area contributed by atoms with Gasteiger partial charge < -0.3 is 9.64 Å². The van der Waals surface area contributed by atoms with Crippen LogP contribution in [0.1, 0.15) is 24.2 Å². The number of halogens is 1. The zero-order chi connectivity index (χ0) is 19.3. The van der Waals surface area contributed by atoms with Crippen molar-refractivity contribution in [2.45, 2.75) is 24.8 Å². The Balaban J connectivity index is 2.15. The smallest absolute Gasteiger partial charge is 0.255 e. The molecule has 2 rings (SSSR count). The highest BCUT2D eigenvalue weighted by atomic mass is 79.9. The van der Waals surface area contributed by atoms with Crippen molar-refractivity contribution >= 4 is 31.9 Å². The second-order valence-corrected chi connectivity index (χ2v) is 9.08. The molecule has 1 fully saturated rings. The van der Waals surface area contributed by atoms with Crippen molar-refractivity contribution in [1.29, 1.82) is 0 Å². The van der Waals surface area contributed by atoms with Gasteiger partial charge >= 0.3 is 0 Å². The van der Waals surface area contributed by atoms with Gasteiger partial charge in [0.1, 0.15) is 0 Å². The molecule has 1 aliphatic rings. The first-order valence-corrected chi connectivity index (χ1v) is 10.9. The molecular weight excluding hydrogens is 422 g/mol. The lowest BCUT2D eigenvalue weighted by Crippen LogP contribution is -2.50. The summed E-state index contributed by atoms with van der Waals surface area (Å²) in [5.41, 5.74) is 0.359. The Morgan fingerprint density at radius 2 is 1.92 bits per heavy atom. The van der Waals surface area contributed by atoms with E-state index in [1.54, 1.807) is 11.0 Å². The zero-order valence-corrected chi connectivity index (χ0v) is 17.8. The van der Waals surface area contributed by atoms with Crippen molar-refractivity contribution < 1.29 is 17.9 Å². The third-order valence-corrected chi connectivity index (χ3v) is 6.56. The Bertz CT molecular complexity index is 732. The fraction of sp³-hybridized carbons (Fsp3) is 0.588. The van der Waals surface area contributed by atoms with Gasteiger partial charge in [-0.15, -0.1) is 0 Å². The maximum Gasteiger partial charge on any atom is 0.255 e. The number of carbonyl (C=O) groups is 1. The number of piperazine rings is 1. The van der Waals surface area contributed by atoms with Crippen LogP contribution in [0.15, 0.2) is 27.6 Å². The fourth-order valence-electron chi connectivity index (χ4n) is 2.81. The number of rotatable bonds is 7. The van der Waals surface area contributed by atoms with Crippen LogP contribution in [0.5, 0.6) is 0 Å². The summed E-state index contributed by atoms with van der Waals surface area (Å²) in [6.07, 6.45) is 0. The van der Waals surface area contributed by atoms with Gasteiger partial charge in [0.15, 0.2) is 0 Å². The molecule has 0 aromatic heterocycles. The minimum atomic E-state index is -3.69. The first-order chi connectivity index (χ1) is 12.3. The predicted octanol–water partition coefficient (Wildman–Crippen LogP) is 1.54. The maximum atomic E-state index is 12.9. The number of amides is 1. The van der Waals surface area contributed by atoms with Gasteiger partial charge in [0.25, 0.3) is 5.91 Å². The van der Waals surface area contributed by atoms with E-state index < -0.39 is 10.0 Å². The number of carbonyl (C=O) groups excluding carboxylic acids is 1. The first-order valence-electron chi connectivity index (χ1n) is 8.57. The predicted molar refractivity (Wildman–Crippen MR) is 104 cm³/mol. The normalized spacial score (nSPS) is 16.3. The molecule has 26 heavy (non-hydrogen) atoms. The quantitative estimate of drug-likeness (QED) is 0.641. The molecule has 1 aromatic rings. The molecule has 0 aliphatic carbocycles. The molecule has 0 unspecified atom stereocenters. The summed E-state index contributed by atoms with van der Waals surface area (Å²) in [6.45, 7) is 7.63. The maximum absolute atomic E-state index is 12.9. The molecule has 1 N–H and O–H groups in total. The Morgan fingerprint density at radius 3 is 2.50 bits per heavy atom. The number of methoxy groups -OCH3 is 1. The van der Waals surface area contributed by atoms with Crippen LogP contribution in [0.25, 0.3) is 0 Å². The van der Waals surface area contributed by atoms with Gasteiger partial charge in [-0.2, -0.15) is 0 Å². The summed E-state index contributed by atoms with van der Waals surface area (Å²) in [7, 11) is -2.18. The van der Waals surface area contributed by atoms with Gasteiger partial charge in [-0.05, 0) is 48.0 Å². The Hall–Kier alpha value is -1.00. The standard InChI is InChI=1S/C17H26BrN3O4S/c1-13(2)20-7-9-21(10-8-20)17(22)15-12-14(4-5-16(15)18)26(23,24)19-6-11-25-3/h4-5,12-13,19H,6-11H2,1-3H3. The molecule has 1 heterocycles. The van der Waals surface area contributed by atoms with E-state index in [9.17, 15) is 13.2 Å². The van der Waals surface area contributed by atoms with Crippen LogP contribution in [-0.2, 0) is 14.8 Å². The van der Waals surface area contributed by atoms with Crippen LogP contribution >= 0.6 is 15.9 Å². The Kier molecular flexibility index (Phi) is 7.60. The van der Waals surface area contributed by atoms with Crippen LogP contribution in [0.2, 0.25) is 0 Å². The van der Waals surface area contributed by atoms with Crippen LogP contribution < -0.4 is 4.72 Å². The van der Waals surface area contributed by atoms with Gasteiger partial charge in [-0.1, -0.05) is 0 Å². The van der Waals surface area contributed by atoms with Crippen LogP contribution in [-0.4, -0.2) is 76.6 Å². The largest absolute Gasteiger partial charge is 0.383 e. The fourth-order valence-corrected chi connectivity index (χ4v) is 4.26. The lowest BCUT2D eigenvalue weighted by Gasteiger charge is -2.37. The van der Waals surface area contributed by atoms with Crippen LogP contribution in [0.4, 0.5) is 0 Å². The van der Waals surface area contributed by atoms with Crippen LogP contribution in [0.3, 0.4) is 0 Å². The average molecular weight is 448 g/mol. The third kappa shape index (κ3) is 5.26. The summed E-state index contributed by atoms with van der Waals surface area (Å²) in [5, 5.41) is 0. The van der Waals surface area contributed by atoms with Gasteiger partial charge in [-0.3, -0.25) is 9.69 Å². The van der Waals surface area contributed by atoms with E-state index in [-0.39, 0.29) is 24.0 Å². The van der Waals surface area contributed by atoms with Gasteiger partial charge in [0, 0.05) is 50.3 Å². The van der Waals surface area contributed by atoms with E-state index in [1.165, 1.54) is 19.2 Å². The Labute approximate surface area is 163 Å². The molecule has 0 saturated carbocycles. The van der Waals surface area contributed by atoms with E-state index in [4.69, 9.17) is 4.74 Å². The molecule has 1 amide bonds. The second-order valence-electron chi connectivity index (χ2n) is 6.45. The lowest BCUT2D eigenvalue weighted by molar-refractivity contribution is 0.0594. The second kappa shape index (κ2) is 9.27. The lowest BCUT2D eigenvalue weighted by atomic mass is 10.1. The van der Waals surface area contributed by atoms with Crippen LogP contribution in [0, 0.1) is 0 Å². The summed E-state index contributed by atoms with van der Waals surface area (Å²) in [4.78, 5) is 17.0. The number of nitrogens with zero attached hydrogens (tertiary/aromatic N) is 2. The first kappa shape index (κ1) is 21.3. The number of hydrogen-bond acceptors (Lipinski definition) is 5. The highest BCUT2D eigenvalue weighted by Crippen LogP contribution is 2.23. The molecule has 0 radical (unpaired) electrons. The monoisotopic (exact) mass is 447 g/mol. The van der Waals surface area contributed by atoms with Crippen molar-refractivity contribution in [3.8, 4) is 0 Å². The number of sulfonamides is 1. The number of benzene rings is 1. The van der Waals surface area contributed by atoms with Gasteiger partial charge in [0.2, 0.25) is 10.0 Å². The van der Waals surface area contributed by atoms with Crippen molar-refractivity contribution in [3.05, 3.63) is 28.2 Å². The van der Waals surface area contributed by atoms with Crippen molar-refractivity contribution in [2.75, 3.05) is 46.4 Å². The van der Waals surface area contributed by atoms with Gasteiger partial charge in [0.05, 0.1) is 17.1 Å². The number of hydrogen-bond donors (Lipinski definition) is 1. The SMILES string of the molecule is COCCNS(=O)(=O)c1ccc(Br)c(C(=O)N2CCN(C(C)C)CC2)c1. The summed E-state index contributed by atoms with van der Waals surface area (Å²) >= 11 is 3.37. The molecule has 1 aromatic carbocycles. The molecular formula is C17H26BrN3O4S. The topological polar surface area (TPSA) is 78.9 Å². The third-order valence-electron chi connectivity index (χ3n) is 4.41. The minimum absolute atomic E-state index is 0.0703. The highest BCUT2D eigenvalue weighted by Gasteiger charge is 2.26. The Morgan fingerprint density at radius 1 is 1.27 bits per heavy atom. The summed E-state index contributed by atoms with van der Waals surface area (Å²) < 4.78 is 32.7. The molecule has 0 spiro atoms. The zero-order valence-electron chi connectivity index (χ0n) is 15.4. The van der Waals surface area contributed by atoms with Crippen molar-refractivity contribution in [2.24, 2.45) is 0 Å². The van der Waals surface area contributed by atoms with E-state index in [0.717, 1.165) is 13.1 Å². The average Bonchev–Trinajstić information content (AvgIpc) is 2.61. The van der Waals surface area contributed by atoms with Crippen molar-refractivity contribution in [3.63, 3.8) is 0 Å².